The normalized spacial score (nSPS) is 12.1. The molecule has 28 heavy (non-hydrogen) atoms. The molecular formula is C22H16N4O2. The van der Waals surface area contributed by atoms with Crippen molar-refractivity contribution in [3.8, 4) is 11.5 Å². The molecule has 0 radical (unpaired) electrons. The number of fused-ring (bicyclic) bond motifs is 2. The lowest BCUT2D eigenvalue weighted by molar-refractivity contribution is 0.302. The topological polar surface area (TPSA) is 76.4 Å². The van der Waals surface area contributed by atoms with Crippen molar-refractivity contribution < 1.29 is 9.62 Å². The SMILES string of the molecule is O/N=c1/cc(-c2cc3c(cn2)ncn3Cc2ccccc2)oc2ccccc12. The molecule has 0 aliphatic carbocycles. The molecule has 5 rings (SSSR count). The molecule has 0 spiro atoms. The first-order valence-electron chi connectivity index (χ1n) is 8.88. The van der Waals surface area contributed by atoms with E-state index in [9.17, 15) is 5.21 Å². The van der Waals surface area contributed by atoms with Crippen LogP contribution in [0.1, 0.15) is 5.56 Å². The fourth-order valence-corrected chi connectivity index (χ4v) is 3.33. The van der Waals surface area contributed by atoms with E-state index in [4.69, 9.17) is 4.42 Å². The molecule has 0 amide bonds. The van der Waals surface area contributed by atoms with Gasteiger partial charge in [0.2, 0.25) is 0 Å². The summed E-state index contributed by atoms with van der Waals surface area (Å²) < 4.78 is 8.09. The van der Waals surface area contributed by atoms with Crippen molar-refractivity contribution in [2.45, 2.75) is 6.54 Å². The molecule has 136 valence electrons. The second-order valence-electron chi connectivity index (χ2n) is 6.51. The van der Waals surface area contributed by atoms with Crippen LogP contribution in [0.25, 0.3) is 33.5 Å². The molecule has 0 bridgehead atoms. The van der Waals surface area contributed by atoms with Gasteiger partial charge in [0.05, 0.1) is 18.0 Å². The smallest absolute Gasteiger partial charge is 0.155 e. The van der Waals surface area contributed by atoms with Gasteiger partial charge >= 0.3 is 0 Å². The van der Waals surface area contributed by atoms with Crippen LogP contribution in [0.2, 0.25) is 0 Å². The third kappa shape index (κ3) is 2.81. The minimum absolute atomic E-state index is 0.441. The maximum atomic E-state index is 9.40. The first-order valence-corrected chi connectivity index (χ1v) is 8.88. The molecule has 0 aliphatic heterocycles. The molecule has 1 N–H and O–H groups in total. The zero-order valence-corrected chi connectivity index (χ0v) is 14.9. The van der Waals surface area contributed by atoms with Gasteiger partial charge in [0.25, 0.3) is 0 Å². The Bertz CT molecular complexity index is 1350. The van der Waals surface area contributed by atoms with Gasteiger partial charge in [-0.15, -0.1) is 0 Å². The van der Waals surface area contributed by atoms with Crippen LogP contribution >= 0.6 is 0 Å². The van der Waals surface area contributed by atoms with Crippen molar-refractivity contribution in [3.63, 3.8) is 0 Å². The van der Waals surface area contributed by atoms with Gasteiger partial charge in [-0.3, -0.25) is 4.98 Å². The van der Waals surface area contributed by atoms with Crippen molar-refractivity contribution in [1.29, 1.82) is 0 Å². The lowest BCUT2D eigenvalue weighted by Crippen LogP contribution is -2.03. The Morgan fingerprint density at radius 3 is 2.64 bits per heavy atom. The van der Waals surface area contributed by atoms with Gasteiger partial charge < -0.3 is 14.2 Å². The molecule has 0 unspecified atom stereocenters. The minimum atomic E-state index is 0.441. The van der Waals surface area contributed by atoms with E-state index in [1.165, 1.54) is 5.56 Å². The summed E-state index contributed by atoms with van der Waals surface area (Å²) in [6, 6.07) is 21.3. The van der Waals surface area contributed by atoms with Crippen molar-refractivity contribution in [1.82, 2.24) is 14.5 Å². The zero-order valence-electron chi connectivity index (χ0n) is 14.9. The Labute approximate surface area is 160 Å². The fraction of sp³-hybridized carbons (Fsp3) is 0.0455. The monoisotopic (exact) mass is 368 g/mol. The molecule has 0 saturated heterocycles. The standard InChI is InChI=1S/C22H16N4O2/c27-25-17-11-22(28-21-9-5-4-8-16(17)21)18-10-20-19(12-23-18)24-14-26(20)13-15-6-2-1-3-7-15/h1-12,14,27H,13H2/b25-17-. The van der Waals surface area contributed by atoms with Gasteiger partial charge in [-0.25, -0.2) is 4.98 Å². The summed E-state index contributed by atoms with van der Waals surface area (Å²) >= 11 is 0. The van der Waals surface area contributed by atoms with Crippen LogP contribution in [0, 0.1) is 0 Å². The quantitative estimate of drug-likeness (QED) is 0.383. The van der Waals surface area contributed by atoms with Crippen LogP contribution in [0.15, 0.2) is 88.8 Å². The molecule has 6 heteroatoms. The van der Waals surface area contributed by atoms with Crippen LogP contribution in [0.5, 0.6) is 0 Å². The van der Waals surface area contributed by atoms with Crippen molar-refractivity contribution >= 4 is 22.0 Å². The summed E-state index contributed by atoms with van der Waals surface area (Å²) in [5.74, 6) is 0.529. The number of nitrogens with zero attached hydrogens (tertiary/aromatic N) is 4. The number of pyridine rings is 1. The van der Waals surface area contributed by atoms with Gasteiger partial charge in [0.1, 0.15) is 22.2 Å². The second-order valence-corrected chi connectivity index (χ2v) is 6.51. The van der Waals surface area contributed by atoms with Crippen LogP contribution in [0.3, 0.4) is 0 Å². The molecule has 5 aromatic rings. The molecule has 2 aromatic carbocycles. The molecule has 0 saturated carbocycles. The second kappa shape index (κ2) is 6.66. The lowest BCUT2D eigenvalue weighted by Gasteiger charge is -2.06. The van der Waals surface area contributed by atoms with Gasteiger partial charge in [-0.1, -0.05) is 47.6 Å². The van der Waals surface area contributed by atoms with Crippen LogP contribution in [0.4, 0.5) is 0 Å². The Morgan fingerprint density at radius 2 is 1.79 bits per heavy atom. The Balaban J connectivity index is 1.64. The Kier molecular flexibility index (Phi) is 3.87. The highest BCUT2D eigenvalue weighted by Crippen LogP contribution is 2.24. The highest BCUT2D eigenvalue weighted by atomic mass is 16.4. The third-order valence-electron chi connectivity index (χ3n) is 4.71. The van der Waals surface area contributed by atoms with Gasteiger partial charge in [-0.2, -0.15) is 0 Å². The highest BCUT2D eigenvalue weighted by Gasteiger charge is 2.11. The molecule has 3 aromatic heterocycles. The number of para-hydroxylation sites is 1. The summed E-state index contributed by atoms with van der Waals surface area (Å²) in [6.07, 6.45) is 3.54. The molecule has 6 nitrogen and oxygen atoms in total. The predicted octanol–water partition coefficient (Wildman–Crippen LogP) is 4.18. The van der Waals surface area contributed by atoms with Crippen molar-refractivity contribution in [2.24, 2.45) is 5.16 Å². The number of hydrogen-bond donors (Lipinski definition) is 1. The summed E-state index contributed by atoms with van der Waals surface area (Å²) in [5, 5.41) is 14.0. The molecule has 3 heterocycles. The van der Waals surface area contributed by atoms with E-state index in [0.717, 1.165) is 16.4 Å². The van der Waals surface area contributed by atoms with E-state index in [1.54, 1.807) is 12.3 Å². The summed E-state index contributed by atoms with van der Waals surface area (Å²) in [4.78, 5) is 8.93. The largest absolute Gasteiger partial charge is 0.454 e. The predicted molar refractivity (Wildman–Crippen MR) is 106 cm³/mol. The van der Waals surface area contributed by atoms with E-state index in [2.05, 4.69) is 31.8 Å². The van der Waals surface area contributed by atoms with Crippen molar-refractivity contribution in [2.75, 3.05) is 0 Å². The van der Waals surface area contributed by atoms with E-state index in [1.807, 2.05) is 54.9 Å². The average molecular weight is 368 g/mol. The summed E-state index contributed by atoms with van der Waals surface area (Å²) in [5.41, 5.74) is 4.25. The number of benzene rings is 2. The average Bonchev–Trinajstić information content (AvgIpc) is 3.15. The number of hydrogen-bond acceptors (Lipinski definition) is 5. The molecule has 0 atom stereocenters. The number of aromatic nitrogens is 3. The van der Waals surface area contributed by atoms with Crippen LogP contribution in [-0.2, 0) is 6.54 Å². The van der Waals surface area contributed by atoms with Gasteiger partial charge in [-0.05, 0) is 23.8 Å². The Morgan fingerprint density at radius 1 is 0.964 bits per heavy atom. The van der Waals surface area contributed by atoms with E-state index in [0.29, 0.717) is 28.9 Å². The molecule has 0 fully saturated rings. The summed E-state index contributed by atoms with van der Waals surface area (Å²) in [7, 11) is 0. The van der Waals surface area contributed by atoms with E-state index in [-0.39, 0.29) is 0 Å². The van der Waals surface area contributed by atoms with E-state index < -0.39 is 0 Å². The van der Waals surface area contributed by atoms with Gasteiger partial charge in [0.15, 0.2) is 5.76 Å². The van der Waals surface area contributed by atoms with Crippen LogP contribution in [-0.4, -0.2) is 19.7 Å². The molecule has 0 aliphatic rings. The van der Waals surface area contributed by atoms with Crippen molar-refractivity contribution in [3.05, 3.63) is 90.2 Å². The number of imidazole rings is 1. The van der Waals surface area contributed by atoms with Gasteiger partial charge in [0, 0.05) is 18.0 Å². The minimum Gasteiger partial charge on any atom is -0.454 e. The van der Waals surface area contributed by atoms with Crippen LogP contribution < -0.4 is 5.36 Å². The first kappa shape index (κ1) is 16.3. The highest BCUT2D eigenvalue weighted by molar-refractivity contribution is 5.81. The maximum absolute atomic E-state index is 9.40. The lowest BCUT2D eigenvalue weighted by atomic mass is 10.2. The zero-order chi connectivity index (χ0) is 18.9. The van der Waals surface area contributed by atoms with E-state index >= 15 is 0 Å². The number of rotatable bonds is 3. The third-order valence-corrected chi connectivity index (χ3v) is 4.71. The maximum Gasteiger partial charge on any atom is 0.155 e. The fourth-order valence-electron chi connectivity index (χ4n) is 3.33. The first-order chi connectivity index (χ1) is 13.8. The Hall–Kier alpha value is -3.93. The molecular weight excluding hydrogens is 352 g/mol. The summed E-state index contributed by atoms with van der Waals surface area (Å²) in [6.45, 7) is 0.715.